The van der Waals surface area contributed by atoms with Gasteiger partial charge in [-0.25, -0.2) is 23.2 Å². The van der Waals surface area contributed by atoms with E-state index in [2.05, 4.69) is 25.5 Å². The van der Waals surface area contributed by atoms with Crippen LogP contribution >= 0.6 is 0 Å². The summed E-state index contributed by atoms with van der Waals surface area (Å²) >= 11 is 0. The van der Waals surface area contributed by atoms with Gasteiger partial charge in [0.05, 0.1) is 11.5 Å². The molecule has 1 aromatic rings. The second-order valence-electron chi connectivity index (χ2n) is 6.03. The van der Waals surface area contributed by atoms with Crippen molar-refractivity contribution in [1.29, 1.82) is 0 Å². The standard InChI is InChI=1S/C14H21N5O3S/c20-14(18-12-4-9-23(21,22)10-12)17-11-2-7-19(8-3-11)13-15-5-1-6-16-13/h1,5-6,11-12H,2-4,7-10H2,(H2,17,18,20)/t12-/m0/s1. The van der Waals surface area contributed by atoms with Crippen LogP contribution < -0.4 is 15.5 Å². The third kappa shape index (κ3) is 4.31. The van der Waals surface area contributed by atoms with Gasteiger partial charge in [-0.3, -0.25) is 0 Å². The van der Waals surface area contributed by atoms with Crippen LogP contribution in [0.15, 0.2) is 18.5 Å². The van der Waals surface area contributed by atoms with Crippen molar-refractivity contribution in [1.82, 2.24) is 20.6 Å². The van der Waals surface area contributed by atoms with E-state index in [1.54, 1.807) is 18.5 Å². The minimum atomic E-state index is -2.98. The van der Waals surface area contributed by atoms with Crippen LogP contribution in [0.3, 0.4) is 0 Å². The highest BCUT2D eigenvalue weighted by Gasteiger charge is 2.29. The molecule has 0 radical (unpaired) electrons. The molecule has 0 saturated carbocycles. The van der Waals surface area contributed by atoms with Gasteiger partial charge in [0, 0.05) is 37.6 Å². The number of sulfone groups is 1. The van der Waals surface area contributed by atoms with Crippen molar-refractivity contribution in [2.75, 3.05) is 29.5 Å². The number of anilines is 1. The number of nitrogens with zero attached hydrogens (tertiary/aromatic N) is 3. The molecule has 2 aliphatic rings. The first-order chi connectivity index (χ1) is 11.0. The van der Waals surface area contributed by atoms with Crippen molar-refractivity contribution in [3.63, 3.8) is 0 Å². The van der Waals surface area contributed by atoms with E-state index >= 15 is 0 Å². The average Bonchev–Trinajstić information content (AvgIpc) is 2.87. The summed E-state index contributed by atoms with van der Waals surface area (Å²) in [4.78, 5) is 22.5. The van der Waals surface area contributed by atoms with Crippen LogP contribution in [-0.4, -0.2) is 61.1 Å². The Morgan fingerprint density at radius 1 is 1.09 bits per heavy atom. The number of amides is 2. The Morgan fingerprint density at radius 2 is 1.74 bits per heavy atom. The molecule has 2 fully saturated rings. The minimum Gasteiger partial charge on any atom is -0.341 e. The van der Waals surface area contributed by atoms with Crippen LogP contribution in [0.5, 0.6) is 0 Å². The monoisotopic (exact) mass is 339 g/mol. The third-order valence-electron chi connectivity index (χ3n) is 4.23. The van der Waals surface area contributed by atoms with Crippen molar-refractivity contribution in [2.24, 2.45) is 0 Å². The Kier molecular flexibility index (Phi) is 4.65. The molecule has 2 saturated heterocycles. The van der Waals surface area contributed by atoms with Crippen molar-refractivity contribution in [2.45, 2.75) is 31.3 Å². The fourth-order valence-electron chi connectivity index (χ4n) is 3.00. The Balaban J connectivity index is 1.43. The minimum absolute atomic E-state index is 0.0458. The smallest absolute Gasteiger partial charge is 0.315 e. The molecule has 0 bridgehead atoms. The number of urea groups is 1. The zero-order chi connectivity index (χ0) is 16.3. The lowest BCUT2D eigenvalue weighted by Crippen LogP contribution is -2.50. The topological polar surface area (TPSA) is 104 Å². The van der Waals surface area contributed by atoms with Crippen LogP contribution in [0.4, 0.5) is 10.7 Å². The highest BCUT2D eigenvalue weighted by Crippen LogP contribution is 2.15. The lowest BCUT2D eigenvalue weighted by atomic mass is 10.1. The molecule has 2 aliphatic heterocycles. The van der Waals surface area contributed by atoms with Gasteiger partial charge in [-0.2, -0.15) is 0 Å². The number of nitrogens with one attached hydrogen (secondary N) is 2. The summed E-state index contributed by atoms with van der Waals surface area (Å²) < 4.78 is 22.8. The second kappa shape index (κ2) is 6.69. The quantitative estimate of drug-likeness (QED) is 0.799. The number of piperidine rings is 1. The molecule has 2 N–H and O–H groups in total. The molecule has 0 spiro atoms. The summed E-state index contributed by atoms with van der Waals surface area (Å²) in [6, 6.07) is 1.33. The largest absolute Gasteiger partial charge is 0.341 e. The number of rotatable bonds is 3. The highest BCUT2D eigenvalue weighted by atomic mass is 32.2. The van der Waals surface area contributed by atoms with E-state index in [9.17, 15) is 13.2 Å². The van der Waals surface area contributed by atoms with Crippen LogP contribution in [-0.2, 0) is 9.84 Å². The van der Waals surface area contributed by atoms with Crippen LogP contribution in [0.1, 0.15) is 19.3 Å². The lowest BCUT2D eigenvalue weighted by molar-refractivity contribution is 0.231. The number of aromatic nitrogens is 2. The summed E-state index contributed by atoms with van der Waals surface area (Å²) in [6.45, 7) is 1.57. The molecule has 1 aromatic heterocycles. The number of hydrogen-bond acceptors (Lipinski definition) is 6. The number of hydrogen-bond donors (Lipinski definition) is 2. The molecule has 0 aliphatic carbocycles. The zero-order valence-electron chi connectivity index (χ0n) is 12.8. The van der Waals surface area contributed by atoms with E-state index in [4.69, 9.17) is 0 Å². The highest BCUT2D eigenvalue weighted by molar-refractivity contribution is 7.91. The molecule has 0 aromatic carbocycles. The Bertz CT molecular complexity index is 644. The SMILES string of the molecule is O=C(NC1CCN(c2ncccn2)CC1)N[C@H]1CCS(=O)(=O)C1. The fraction of sp³-hybridized carbons (Fsp3) is 0.643. The van der Waals surface area contributed by atoms with Gasteiger partial charge >= 0.3 is 6.03 Å². The lowest BCUT2D eigenvalue weighted by Gasteiger charge is -2.32. The molecule has 3 rings (SSSR count). The van der Waals surface area contributed by atoms with Gasteiger partial charge in [0.15, 0.2) is 9.84 Å². The molecule has 126 valence electrons. The predicted octanol–water partition coefficient (Wildman–Crippen LogP) is -0.0683. The first-order valence-electron chi connectivity index (χ1n) is 7.81. The molecule has 2 amide bonds. The van der Waals surface area contributed by atoms with Crippen molar-refractivity contribution < 1.29 is 13.2 Å². The molecule has 1 atom stereocenters. The zero-order valence-corrected chi connectivity index (χ0v) is 13.6. The van der Waals surface area contributed by atoms with Gasteiger partial charge in [0.2, 0.25) is 5.95 Å². The number of carbonyl (C=O) groups is 1. The molecule has 0 unspecified atom stereocenters. The van der Waals surface area contributed by atoms with E-state index in [0.717, 1.165) is 25.9 Å². The van der Waals surface area contributed by atoms with Gasteiger partial charge in [0.1, 0.15) is 0 Å². The first kappa shape index (κ1) is 16.0. The Labute approximate surface area is 135 Å². The molecular weight excluding hydrogens is 318 g/mol. The van der Waals surface area contributed by atoms with Gasteiger partial charge in [-0.05, 0) is 25.3 Å². The normalized spacial score (nSPS) is 24.3. The van der Waals surface area contributed by atoms with Gasteiger partial charge < -0.3 is 15.5 Å². The van der Waals surface area contributed by atoms with E-state index in [-0.39, 0.29) is 29.6 Å². The maximum Gasteiger partial charge on any atom is 0.315 e. The maximum absolute atomic E-state index is 12.0. The molecular formula is C14H21N5O3S. The van der Waals surface area contributed by atoms with E-state index in [1.165, 1.54) is 0 Å². The average molecular weight is 339 g/mol. The molecule has 3 heterocycles. The second-order valence-corrected chi connectivity index (χ2v) is 8.26. The van der Waals surface area contributed by atoms with Gasteiger partial charge in [-0.1, -0.05) is 0 Å². The summed E-state index contributed by atoms with van der Waals surface area (Å²) in [7, 11) is -2.98. The summed E-state index contributed by atoms with van der Waals surface area (Å²) in [5.74, 6) is 0.920. The maximum atomic E-state index is 12.0. The molecule has 8 nitrogen and oxygen atoms in total. The fourth-order valence-corrected chi connectivity index (χ4v) is 4.67. The van der Waals surface area contributed by atoms with E-state index in [1.807, 2.05) is 0 Å². The summed E-state index contributed by atoms with van der Waals surface area (Å²) in [6.07, 6.45) is 5.56. The molecule has 9 heteroatoms. The third-order valence-corrected chi connectivity index (χ3v) is 6.00. The van der Waals surface area contributed by atoms with E-state index in [0.29, 0.717) is 12.4 Å². The van der Waals surface area contributed by atoms with Crippen molar-refractivity contribution in [3.05, 3.63) is 18.5 Å². The van der Waals surface area contributed by atoms with Crippen LogP contribution in [0, 0.1) is 0 Å². The van der Waals surface area contributed by atoms with Crippen LogP contribution in [0.2, 0.25) is 0 Å². The predicted molar refractivity (Wildman–Crippen MR) is 86.0 cm³/mol. The Hall–Kier alpha value is -1.90. The number of carbonyl (C=O) groups excluding carboxylic acids is 1. The molecule has 23 heavy (non-hydrogen) atoms. The van der Waals surface area contributed by atoms with Crippen LogP contribution in [0.25, 0.3) is 0 Å². The van der Waals surface area contributed by atoms with Gasteiger partial charge in [0.25, 0.3) is 0 Å². The summed E-state index contributed by atoms with van der Waals surface area (Å²) in [5.41, 5.74) is 0. The van der Waals surface area contributed by atoms with E-state index < -0.39 is 9.84 Å². The summed E-state index contributed by atoms with van der Waals surface area (Å²) in [5, 5.41) is 5.69. The Morgan fingerprint density at radius 3 is 2.35 bits per heavy atom. The van der Waals surface area contributed by atoms with Crippen molar-refractivity contribution >= 4 is 21.8 Å². The first-order valence-corrected chi connectivity index (χ1v) is 9.63. The van der Waals surface area contributed by atoms with Crippen molar-refractivity contribution in [3.8, 4) is 0 Å². The van der Waals surface area contributed by atoms with Gasteiger partial charge in [-0.15, -0.1) is 0 Å².